The Labute approximate surface area is 182 Å². The van der Waals surface area contributed by atoms with E-state index in [1.54, 1.807) is 0 Å². The van der Waals surface area contributed by atoms with Gasteiger partial charge in [-0.05, 0) is 44.2 Å². The van der Waals surface area contributed by atoms with Crippen LogP contribution in [-0.4, -0.2) is 41.1 Å². The Hall–Kier alpha value is -3.45. The number of fused-ring (bicyclic) bond motifs is 1. The highest BCUT2D eigenvalue weighted by Crippen LogP contribution is 2.31. The summed E-state index contributed by atoms with van der Waals surface area (Å²) in [4.78, 5) is 1.94. The van der Waals surface area contributed by atoms with Crippen molar-refractivity contribution < 1.29 is 4.74 Å². The van der Waals surface area contributed by atoms with Gasteiger partial charge in [-0.2, -0.15) is 10.2 Å². The van der Waals surface area contributed by atoms with Gasteiger partial charge in [-0.25, -0.2) is 4.68 Å². The third kappa shape index (κ3) is 3.96. The van der Waals surface area contributed by atoms with Crippen molar-refractivity contribution in [3.8, 4) is 11.4 Å². The summed E-state index contributed by atoms with van der Waals surface area (Å²) in [6, 6.07) is 16.3. The Morgan fingerprint density at radius 2 is 1.68 bits per heavy atom. The zero-order chi connectivity index (χ0) is 22.0. The molecule has 1 N–H and O–H groups in total. The lowest BCUT2D eigenvalue weighted by atomic mass is 10.1. The summed E-state index contributed by atoms with van der Waals surface area (Å²) in [6.45, 7) is 5.31. The molecule has 160 valence electrons. The molecule has 31 heavy (non-hydrogen) atoms. The molecule has 0 aliphatic heterocycles. The van der Waals surface area contributed by atoms with Crippen LogP contribution in [0.15, 0.2) is 48.5 Å². The van der Waals surface area contributed by atoms with Crippen LogP contribution in [0.25, 0.3) is 16.6 Å². The fraction of sp³-hybridized carbons (Fsp3) is 0.292. The minimum Gasteiger partial charge on any atom is -0.487 e. The highest BCUT2D eigenvalue weighted by atomic mass is 16.5. The molecule has 0 atom stereocenters. The molecule has 7 nitrogen and oxygen atoms in total. The second kappa shape index (κ2) is 8.73. The number of hydrogen-bond donors (Lipinski definition) is 1. The lowest BCUT2D eigenvalue weighted by Gasteiger charge is -2.14. The average Bonchev–Trinajstić information content (AvgIpc) is 3.11. The predicted molar refractivity (Wildman–Crippen MR) is 124 cm³/mol. The number of aryl methyl sites for hydroxylation is 2. The first-order valence-corrected chi connectivity index (χ1v) is 10.3. The summed E-state index contributed by atoms with van der Waals surface area (Å²) < 4.78 is 8.23. The Kier molecular flexibility index (Phi) is 5.86. The monoisotopic (exact) mass is 416 g/mol. The zero-order valence-electron chi connectivity index (χ0n) is 18.7. The Balaban J connectivity index is 1.74. The van der Waals surface area contributed by atoms with E-state index in [4.69, 9.17) is 9.84 Å². The van der Waals surface area contributed by atoms with Crippen LogP contribution in [0.2, 0.25) is 0 Å². The Morgan fingerprint density at radius 1 is 0.968 bits per heavy atom. The average molecular weight is 417 g/mol. The van der Waals surface area contributed by atoms with Gasteiger partial charge in [0.15, 0.2) is 5.82 Å². The van der Waals surface area contributed by atoms with Crippen LogP contribution < -0.4 is 15.0 Å². The van der Waals surface area contributed by atoms with Gasteiger partial charge in [0.1, 0.15) is 23.6 Å². The number of hydrogen-bond acceptors (Lipinski definition) is 6. The van der Waals surface area contributed by atoms with Crippen molar-refractivity contribution in [3.05, 3.63) is 71.0 Å². The van der Waals surface area contributed by atoms with E-state index in [9.17, 15) is 0 Å². The highest BCUT2D eigenvalue weighted by Gasteiger charge is 2.19. The van der Waals surface area contributed by atoms with Crippen LogP contribution >= 0.6 is 0 Å². The molecule has 0 unspecified atom stereocenters. The smallest absolute Gasteiger partial charge is 0.179 e. The third-order valence-corrected chi connectivity index (χ3v) is 5.37. The van der Waals surface area contributed by atoms with Crippen LogP contribution in [0, 0.1) is 13.8 Å². The van der Waals surface area contributed by atoms with Gasteiger partial charge in [0.2, 0.25) is 0 Å². The van der Waals surface area contributed by atoms with E-state index in [-0.39, 0.29) is 0 Å². The maximum atomic E-state index is 6.29. The standard InChI is InChI=1S/C24H28N6O/c1-16-22-17(2)30(28-23(22)24(27-26-16)29(4)5)20-12-8-9-13-21(20)31-15-19-11-7-6-10-18(19)14-25-3/h6-13,25H,14-15H2,1-5H3. The molecule has 0 bridgehead atoms. The summed E-state index contributed by atoms with van der Waals surface area (Å²) >= 11 is 0. The fourth-order valence-corrected chi connectivity index (χ4v) is 3.82. The largest absolute Gasteiger partial charge is 0.487 e. The lowest BCUT2D eigenvalue weighted by Crippen LogP contribution is -2.12. The molecule has 0 aliphatic carbocycles. The van der Waals surface area contributed by atoms with E-state index in [2.05, 4.69) is 40.6 Å². The van der Waals surface area contributed by atoms with Gasteiger partial charge in [0, 0.05) is 20.6 Å². The Bertz CT molecular complexity index is 1210. The molecule has 0 amide bonds. The van der Waals surface area contributed by atoms with E-state index >= 15 is 0 Å². The summed E-state index contributed by atoms with van der Waals surface area (Å²) in [5.41, 5.74) is 6.00. The van der Waals surface area contributed by atoms with E-state index in [1.165, 1.54) is 5.56 Å². The molecule has 0 radical (unpaired) electrons. The molecule has 2 heterocycles. The number of nitrogens with zero attached hydrogens (tertiary/aromatic N) is 5. The maximum Gasteiger partial charge on any atom is 0.179 e. The fourth-order valence-electron chi connectivity index (χ4n) is 3.82. The second-order valence-electron chi connectivity index (χ2n) is 7.78. The number of rotatable bonds is 7. The topological polar surface area (TPSA) is 68.1 Å². The van der Waals surface area contributed by atoms with Gasteiger partial charge in [0.05, 0.1) is 16.8 Å². The van der Waals surface area contributed by atoms with Crippen molar-refractivity contribution in [2.24, 2.45) is 0 Å². The first kappa shape index (κ1) is 20.8. The van der Waals surface area contributed by atoms with Gasteiger partial charge in [-0.15, -0.1) is 5.10 Å². The third-order valence-electron chi connectivity index (χ3n) is 5.37. The quantitative estimate of drug-likeness (QED) is 0.494. The van der Waals surface area contributed by atoms with Crippen molar-refractivity contribution in [1.29, 1.82) is 0 Å². The van der Waals surface area contributed by atoms with Crippen LogP contribution in [-0.2, 0) is 13.2 Å². The van der Waals surface area contributed by atoms with Crippen molar-refractivity contribution in [1.82, 2.24) is 25.3 Å². The van der Waals surface area contributed by atoms with Crippen LogP contribution in [0.3, 0.4) is 0 Å². The normalized spacial score (nSPS) is 11.1. The molecule has 0 saturated heterocycles. The van der Waals surface area contributed by atoms with Crippen LogP contribution in [0.5, 0.6) is 5.75 Å². The highest BCUT2D eigenvalue weighted by molar-refractivity contribution is 5.92. The van der Waals surface area contributed by atoms with Gasteiger partial charge in [-0.3, -0.25) is 0 Å². The van der Waals surface area contributed by atoms with Gasteiger partial charge < -0.3 is 15.0 Å². The molecular formula is C24H28N6O. The van der Waals surface area contributed by atoms with Gasteiger partial charge in [-0.1, -0.05) is 36.4 Å². The molecule has 0 spiro atoms. The van der Waals surface area contributed by atoms with Crippen molar-refractivity contribution in [2.45, 2.75) is 27.0 Å². The second-order valence-corrected chi connectivity index (χ2v) is 7.78. The van der Waals surface area contributed by atoms with Crippen molar-refractivity contribution in [3.63, 3.8) is 0 Å². The SMILES string of the molecule is CNCc1ccccc1COc1ccccc1-n1nc2c(N(C)C)nnc(C)c2c1C. The molecule has 0 saturated carbocycles. The van der Waals surface area contributed by atoms with E-state index < -0.39 is 0 Å². The number of para-hydroxylation sites is 2. The van der Waals surface area contributed by atoms with E-state index in [0.29, 0.717) is 6.61 Å². The van der Waals surface area contributed by atoms with E-state index in [0.717, 1.165) is 51.7 Å². The summed E-state index contributed by atoms with van der Waals surface area (Å²) in [6.07, 6.45) is 0. The number of anilines is 1. The minimum absolute atomic E-state index is 0.486. The van der Waals surface area contributed by atoms with Crippen LogP contribution in [0.1, 0.15) is 22.5 Å². The first-order chi connectivity index (χ1) is 15.0. The molecule has 7 heteroatoms. The zero-order valence-corrected chi connectivity index (χ0v) is 18.7. The summed E-state index contributed by atoms with van der Waals surface area (Å²) in [5.74, 6) is 1.53. The molecule has 0 aliphatic rings. The van der Waals surface area contributed by atoms with E-state index in [1.807, 2.05) is 68.0 Å². The molecule has 4 rings (SSSR count). The van der Waals surface area contributed by atoms with Gasteiger partial charge >= 0.3 is 0 Å². The van der Waals surface area contributed by atoms with Gasteiger partial charge in [0.25, 0.3) is 0 Å². The van der Waals surface area contributed by atoms with Crippen LogP contribution in [0.4, 0.5) is 5.82 Å². The summed E-state index contributed by atoms with van der Waals surface area (Å²) in [7, 11) is 5.85. The molecule has 0 fully saturated rings. The summed E-state index contributed by atoms with van der Waals surface area (Å²) in [5, 5.41) is 17.8. The number of aromatic nitrogens is 4. The predicted octanol–water partition coefficient (Wildman–Crippen LogP) is 3.80. The van der Waals surface area contributed by atoms with Crippen molar-refractivity contribution in [2.75, 3.05) is 26.0 Å². The van der Waals surface area contributed by atoms with Crippen molar-refractivity contribution >= 4 is 16.7 Å². The lowest BCUT2D eigenvalue weighted by molar-refractivity contribution is 0.303. The molecule has 2 aromatic heterocycles. The number of benzene rings is 2. The Morgan fingerprint density at radius 3 is 2.42 bits per heavy atom. The number of nitrogens with one attached hydrogen (secondary N) is 1. The number of ether oxygens (including phenoxy) is 1. The molecule has 2 aromatic carbocycles. The molecule has 4 aromatic rings. The minimum atomic E-state index is 0.486. The maximum absolute atomic E-state index is 6.29. The molecular weight excluding hydrogens is 388 g/mol. The first-order valence-electron chi connectivity index (χ1n) is 10.3.